The maximum atomic E-state index is 2.58. The summed E-state index contributed by atoms with van der Waals surface area (Å²) in [5.74, 6) is 9.99. The lowest BCUT2D eigenvalue weighted by atomic mass is 9.64. The Morgan fingerprint density at radius 3 is 2.31 bits per heavy atom. The average molecular weight is 214 g/mol. The zero-order valence-electron chi connectivity index (χ0n) is 10.2. The van der Waals surface area contributed by atoms with Crippen LogP contribution in [0.4, 0.5) is 0 Å². The Labute approximate surface area is 98.5 Å². The molecule has 9 atom stereocenters. The van der Waals surface area contributed by atoms with E-state index in [-0.39, 0.29) is 0 Å². The molecular formula is C16H22. The zero-order chi connectivity index (χ0) is 10.4. The minimum atomic E-state index is 1.01. The molecule has 5 aliphatic rings. The predicted molar refractivity (Wildman–Crippen MR) is 64.7 cm³/mol. The molecule has 86 valence electrons. The van der Waals surface area contributed by atoms with Crippen LogP contribution in [0.5, 0.6) is 0 Å². The van der Waals surface area contributed by atoms with E-state index in [0.29, 0.717) is 0 Å². The first-order valence-electron chi connectivity index (χ1n) is 7.53. The molecule has 0 aromatic rings. The highest BCUT2D eigenvalue weighted by atomic mass is 14.7. The van der Waals surface area contributed by atoms with Crippen molar-refractivity contribution in [1.29, 1.82) is 0 Å². The van der Waals surface area contributed by atoms with Crippen molar-refractivity contribution >= 4 is 0 Å². The number of allylic oxidation sites excluding steroid dienone is 2. The molecular weight excluding hydrogens is 192 g/mol. The van der Waals surface area contributed by atoms with Gasteiger partial charge in [0.15, 0.2) is 0 Å². The van der Waals surface area contributed by atoms with Crippen LogP contribution in [0.2, 0.25) is 0 Å². The summed E-state index contributed by atoms with van der Waals surface area (Å²) in [5.41, 5.74) is 0. The zero-order valence-corrected chi connectivity index (χ0v) is 10.2. The summed E-state index contributed by atoms with van der Waals surface area (Å²) >= 11 is 0. The normalized spacial score (nSPS) is 68.9. The molecule has 0 radical (unpaired) electrons. The van der Waals surface area contributed by atoms with Gasteiger partial charge in [-0.1, -0.05) is 25.5 Å². The molecule has 0 aliphatic heterocycles. The number of rotatable bonds is 0. The van der Waals surface area contributed by atoms with E-state index in [1.165, 1.54) is 6.42 Å². The van der Waals surface area contributed by atoms with E-state index in [2.05, 4.69) is 19.1 Å². The van der Waals surface area contributed by atoms with Crippen LogP contribution in [0.25, 0.3) is 0 Å². The number of fused-ring (bicyclic) bond motifs is 12. The van der Waals surface area contributed by atoms with E-state index in [4.69, 9.17) is 0 Å². The molecule has 0 N–H and O–H groups in total. The van der Waals surface area contributed by atoms with Crippen LogP contribution >= 0.6 is 0 Å². The van der Waals surface area contributed by atoms with E-state index < -0.39 is 0 Å². The van der Waals surface area contributed by atoms with Crippen molar-refractivity contribution in [3.63, 3.8) is 0 Å². The molecule has 5 rings (SSSR count). The van der Waals surface area contributed by atoms with Gasteiger partial charge in [0.25, 0.3) is 0 Å². The van der Waals surface area contributed by atoms with Gasteiger partial charge in [-0.25, -0.2) is 0 Å². The third-order valence-electron chi connectivity index (χ3n) is 7.27. The second-order valence-corrected chi connectivity index (χ2v) is 7.46. The standard InChI is InChI=1S/C16H22/c1-8-2-5-11-12-7-13(14(8)11)16-10-4-3-9(6-10)15(12)16/h3-4,8-16H,2,5-7H2,1H3. The van der Waals surface area contributed by atoms with Gasteiger partial charge in [0.05, 0.1) is 0 Å². The van der Waals surface area contributed by atoms with Crippen molar-refractivity contribution < 1.29 is 0 Å². The average Bonchev–Trinajstić information content (AvgIpc) is 2.99. The summed E-state index contributed by atoms with van der Waals surface area (Å²) in [6.45, 7) is 2.55. The Balaban J connectivity index is 1.60. The SMILES string of the molecule is CC1CCC2C3CC(C12)C1C2C=CC(C2)C31. The Kier molecular flexibility index (Phi) is 1.42. The highest BCUT2D eigenvalue weighted by Crippen LogP contribution is 2.72. The second-order valence-electron chi connectivity index (χ2n) is 7.46. The van der Waals surface area contributed by atoms with Gasteiger partial charge in [0.1, 0.15) is 0 Å². The third-order valence-corrected chi connectivity index (χ3v) is 7.27. The lowest BCUT2D eigenvalue weighted by Crippen LogP contribution is -2.36. The van der Waals surface area contributed by atoms with Crippen molar-refractivity contribution in [2.75, 3.05) is 0 Å². The molecule has 4 fully saturated rings. The predicted octanol–water partition coefficient (Wildman–Crippen LogP) is 3.74. The molecule has 0 aromatic carbocycles. The second kappa shape index (κ2) is 2.60. The van der Waals surface area contributed by atoms with E-state index >= 15 is 0 Å². The summed E-state index contributed by atoms with van der Waals surface area (Å²) < 4.78 is 0. The fraction of sp³-hybridized carbons (Fsp3) is 0.875. The summed E-state index contributed by atoms with van der Waals surface area (Å²) in [5, 5.41) is 0. The molecule has 0 spiro atoms. The first-order valence-corrected chi connectivity index (χ1v) is 7.53. The summed E-state index contributed by atoms with van der Waals surface area (Å²) in [4.78, 5) is 0. The molecule has 0 saturated heterocycles. The van der Waals surface area contributed by atoms with E-state index in [1.54, 1.807) is 19.3 Å². The van der Waals surface area contributed by atoms with E-state index in [0.717, 1.165) is 53.3 Å². The van der Waals surface area contributed by atoms with Gasteiger partial charge in [0.2, 0.25) is 0 Å². The summed E-state index contributed by atoms with van der Waals surface area (Å²) in [6, 6.07) is 0. The van der Waals surface area contributed by atoms with Crippen LogP contribution in [0.15, 0.2) is 12.2 Å². The maximum absolute atomic E-state index is 2.58. The Morgan fingerprint density at radius 2 is 1.50 bits per heavy atom. The minimum absolute atomic E-state index is 1.01. The van der Waals surface area contributed by atoms with Crippen molar-refractivity contribution in [2.45, 2.75) is 32.6 Å². The van der Waals surface area contributed by atoms with Crippen molar-refractivity contribution in [2.24, 2.45) is 53.3 Å². The topological polar surface area (TPSA) is 0 Å². The highest BCUT2D eigenvalue weighted by Gasteiger charge is 2.65. The monoisotopic (exact) mass is 214 g/mol. The van der Waals surface area contributed by atoms with Gasteiger partial charge >= 0.3 is 0 Å². The Morgan fingerprint density at radius 1 is 0.750 bits per heavy atom. The highest BCUT2D eigenvalue weighted by molar-refractivity contribution is 5.22. The third kappa shape index (κ3) is 0.772. The number of hydrogen-bond acceptors (Lipinski definition) is 0. The minimum Gasteiger partial charge on any atom is -0.0848 e. The fourth-order valence-electron chi connectivity index (χ4n) is 7.11. The molecule has 4 saturated carbocycles. The first kappa shape index (κ1) is 8.78. The van der Waals surface area contributed by atoms with Crippen LogP contribution in [0, 0.1) is 53.3 Å². The summed E-state index contributed by atoms with van der Waals surface area (Å²) in [6.07, 6.45) is 11.5. The quantitative estimate of drug-likeness (QED) is 0.426. The van der Waals surface area contributed by atoms with Gasteiger partial charge < -0.3 is 0 Å². The van der Waals surface area contributed by atoms with E-state index in [1.807, 2.05) is 0 Å². The smallest absolute Gasteiger partial charge is 0.0194 e. The van der Waals surface area contributed by atoms with Gasteiger partial charge in [-0.05, 0) is 72.5 Å². The van der Waals surface area contributed by atoms with E-state index in [9.17, 15) is 0 Å². The molecule has 0 heterocycles. The lowest BCUT2D eigenvalue weighted by molar-refractivity contribution is 0.0906. The molecule has 16 heavy (non-hydrogen) atoms. The Hall–Kier alpha value is -0.260. The van der Waals surface area contributed by atoms with Crippen molar-refractivity contribution in [3.8, 4) is 0 Å². The van der Waals surface area contributed by atoms with Crippen LogP contribution < -0.4 is 0 Å². The molecule has 9 unspecified atom stereocenters. The Bertz CT molecular complexity index is 368. The van der Waals surface area contributed by atoms with Crippen LogP contribution in [0.3, 0.4) is 0 Å². The lowest BCUT2D eigenvalue weighted by Gasteiger charge is -2.40. The van der Waals surface area contributed by atoms with Crippen LogP contribution in [0.1, 0.15) is 32.6 Å². The molecule has 0 heteroatoms. The van der Waals surface area contributed by atoms with Crippen LogP contribution in [-0.4, -0.2) is 0 Å². The summed E-state index contributed by atoms with van der Waals surface area (Å²) in [7, 11) is 0. The maximum Gasteiger partial charge on any atom is -0.0194 e. The van der Waals surface area contributed by atoms with Gasteiger partial charge in [-0.15, -0.1) is 0 Å². The van der Waals surface area contributed by atoms with Crippen LogP contribution in [-0.2, 0) is 0 Å². The molecule has 5 aliphatic carbocycles. The first-order chi connectivity index (χ1) is 7.84. The van der Waals surface area contributed by atoms with Crippen molar-refractivity contribution in [1.82, 2.24) is 0 Å². The van der Waals surface area contributed by atoms with Gasteiger partial charge in [0, 0.05) is 0 Å². The molecule has 4 bridgehead atoms. The largest absolute Gasteiger partial charge is 0.0848 e. The van der Waals surface area contributed by atoms with Gasteiger partial charge in [-0.3, -0.25) is 0 Å². The molecule has 0 amide bonds. The van der Waals surface area contributed by atoms with Crippen molar-refractivity contribution in [3.05, 3.63) is 12.2 Å². The fourth-order valence-corrected chi connectivity index (χ4v) is 7.11. The molecule has 0 nitrogen and oxygen atoms in total. The number of hydrogen-bond donors (Lipinski definition) is 0. The molecule has 0 aromatic heterocycles. The van der Waals surface area contributed by atoms with Gasteiger partial charge in [-0.2, -0.15) is 0 Å².